The van der Waals surface area contributed by atoms with E-state index in [4.69, 9.17) is 39.5 Å². The summed E-state index contributed by atoms with van der Waals surface area (Å²) >= 11 is 18.4. The van der Waals surface area contributed by atoms with E-state index in [1.807, 2.05) is 0 Å². The van der Waals surface area contributed by atoms with Crippen molar-refractivity contribution in [3.05, 3.63) is 81.8 Å². The number of carbonyl (C=O) groups excluding carboxylic acids is 1. The molecule has 0 aliphatic carbocycles. The maximum absolute atomic E-state index is 13.3. The number of nitrogens with zero attached hydrogens (tertiary/aromatic N) is 1. The van der Waals surface area contributed by atoms with E-state index in [0.717, 1.165) is 4.31 Å². The molecule has 1 N–H and O–H groups in total. The van der Waals surface area contributed by atoms with Crippen LogP contribution in [0.4, 0.5) is 11.4 Å². The van der Waals surface area contributed by atoms with Gasteiger partial charge in [0.05, 0.1) is 38.4 Å². The Morgan fingerprint density at radius 2 is 1.58 bits per heavy atom. The molecule has 3 aromatic carbocycles. The van der Waals surface area contributed by atoms with Crippen LogP contribution in [0.25, 0.3) is 0 Å². The molecule has 0 saturated heterocycles. The topological polar surface area (TPSA) is 75.7 Å². The zero-order valence-corrected chi connectivity index (χ0v) is 19.3. The normalized spacial score (nSPS) is 11.1. The number of nitrogens with one attached hydrogen (secondary N) is 1. The SMILES string of the molecule is COc1ccc(N(CC(=O)Nc2c(Cl)cccc2Cl)S(=O)(=O)c2ccccc2)cc1Cl. The molecule has 0 spiro atoms. The number of methoxy groups -OCH3 is 1. The summed E-state index contributed by atoms with van der Waals surface area (Å²) in [5.41, 5.74) is 0.385. The average molecular weight is 500 g/mol. The Labute approximate surface area is 195 Å². The summed E-state index contributed by atoms with van der Waals surface area (Å²) in [6, 6.07) is 16.9. The molecule has 0 unspecified atom stereocenters. The van der Waals surface area contributed by atoms with Gasteiger partial charge in [-0.1, -0.05) is 59.1 Å². The van der Waals surface area contributed by atoms with Gasteiger partial charge in [0.25, 0.3) is 10.0 Å². The molecule has 31 heavy (non-hydrogen) atoms. The molecule has 0 aliphatic heterocycles. The van der Waals surface area contributed by atoms with Crippen LogP contribution in [0.15, 0.2) is 71.6 Å². The molecule has 0 bridgehead atoms. The zero-order valence-electron chi connectivity index (χ0n) is 16.2. The summed E-state index contributed by atoms with van der Waals surface area (Å²) in [5.74, 6) is -0.267. The van der Waals surface area contributed by atoms with Crippen LogP contribution in [0.2, 0.25) is 15.1 Å². The lowest BCUT2D eigenvalue weighted by Crippen LogP contribution is -2.38. The van der Waals surface area contributed by atoms with Gasteiger partial charge in [-0.25, -0.2) is 8.42 Å². The molecule has 3 rings (SSSR count). The highest BCUT2D eigenvalue weighted by Crippen LogP contribution is 2.33. The highest BCUT2D eigenvalue weighted by Gasteiger charge is 2.28. The molecule has 10 heteroatoms. The van der Waals surface area contributed by atoms with Crippen LogP contribution in [-0.2, 0) is 14.8 Å². The monoisotopic (exact) mass is 498 g/mol. The first kappa shape index (κ1) is 23.2. The molecule has 0 aromatic heterocycles. The van der Waals surface area contributed by atoms with Gasteiger partial charge in [-0.05, 0) is 42.5 Å². The number of hydrogen-bond acceptors (Lipinski definition) is 4. The van der Waals surface area contributed by atoms with Crippen molar-refractivity contribution in [3.8, 4) is 5.75 Å². The maximum Gasteiger partial charge on any atom is 0.264 e. The van der Waals surface area contributed by atoms with Crippen LogP contribution < -0.4 is 14.4 Å². The van der Waals surface area contributed by atoms with Gasteiger partial charge < -0.3 is 10.1 Å². The minimum atomic E-state index is -4.09. The molecule has 162 valence electrons. The van der Waals surface area contributed by atoms with Gasteiger partial charge in [0, 0.05) is 0 Å². The van der Waals surface area contributed by atoms with Gasteiger partial charge in [-0.15, -0.1) is 0 Å². The molecular formula is C21H17Cl3N2O4S. The average Bonchev–Trinajstić information content (AvgIpc) is 2.75. The van der Waals surface area contributed by atoms with Gasteiger partial charge in [0.15, 0.2) is 0 Å². The van der Waals surface area contributed by atoms with E-state index >= 15 is 0 Å². The molecule has 0 atom stereocenters. The molecule has 0 saturated carbocycles. The number of carbonyl (C=O) groups is 1. The van der Waals surface area contributed by atoms with Crippen LogP contribution >= 0.6 is 34.8 Å². The molecular weight excluding hydrogens is 483 g/mol. The fourth-order valence-corrected chi connectivity index (χ4v) is 4.95. The number of anilines is 2. The third-order valence-corrected chi connectivity index (χ3v) is 6.98. The van der Waals surface area contributed by atoms with E-state index in [-0.39, 0.29) is 31.3 Å². The second-order valence-corrected chi connectivity index (χ2v) is 9.37. The molecule has 0 heterocycles. The van der Waals surface area contributed by atoms with Crippen molar-refractivity contribution >= 4 is 62.1 Å². The number of hydrogen-bond donors (Lipinski definition) is 1. The molecule has 0 aliphatic rings. The fraction of sp³-hybridized carbons (Fsp3) is 0.0952. The van der Waals surface area contributed by atoms with Crippen molar-refractivity contribution in [2.24, 2.45) is 0 Å². The van der Waals surface area contributed by atoms with Gasteiger partial charge >= 0.3 is 0 Å². The van der Waals surface area contributed by atoms with Crippen LogP contribution in [0.3, 0.4) is 0 Å². The van der Waals surface area contributed by atoms with Crippen LogP contribution in [0.1, 0.15) is 0 Å². The van der Waals surface area contributed by atoms with Gasteiger partial charge in [0.1, 0.15) is 12.3 Å². The number of benzene rings is 3. The summed E-state index contributed by atoms with van der Waals surface area (Å²) in [6.45, 7) is -0.540. The highest BCUT2D eigenvalue weighted by molar-refractivity contribution is 7.92. The molecule has 1 amide bonds. The van der Waals surface area contributed by atoms with Gasteiger partial charge in [-0.3, -0.25) is 9.10 Å². The summed E-state index contributed by atoms with van der Waals surface area (Å²) in [6.07, 6.45) is 0. The van der Waals surface area contributed by atoms with Gasteiger partial charge in [-0.2, -0.15) is 0 Å². The van der Waals surface area contributed by atoms with Gasteiger partial charge in [0.2, 0.25) is 5.91 Å². The predicted octanol–water partition coefficient (Wildman–Crippen LogP) is 5.49. The number of para-hydroxylation sites is 1. The van der Waals surface area contributed by atoms with Crippen LogP contribution in [0.5, 0.6) is 5.75 Å². The van der Waals surface area contributed by atoms with E-state index in [2.05, 4.69) is 5.32 Å². The minimum Gasteiger partial charge on any atom is -0.495 e. The Balaban J connectivity index is 2.00. The van der Waals surface area contributed by atoms with Crippen LogP contribution in [-0.4, -0.2) is 28.0 Å². The molecule has 0 radical (unpaired) electrons. The molecule has 0 fully saturated rings. The number of amides is 1. The van der Waals surface area contributed by atoms with E-state index in [1.54, 1.807) is 36.4 Å². The molecule has 3 aromatic rings. The van der Waals surface area contributed by atoms with Crippen molar-refractivity contribution in [2.75, 3.05) is 23.3 Å². The zero-order chi connectivity index (χ0) is 22.6. The second kappa shape index (κ2) is 9.78. The predicted molar refractivity (Wildman–Crippen MR) is 124 cm³/mol. The maximum atomic E-state index is 13.3. The Bertz CT molecular complexity index is 1180. The summed E-state index contributed by atoms with van der Waals surface area (Å²) < 4.78 is 32.8. The van der Waals surface area contributed by atoms with Crippen molar-refractivity contribution in [1.29, 1.82) is 0 Å². The van der Waals surface area contributed by atoms with E-state index < -0.39 is 22.5 Å². The second-order valence-electron chi connectivity index (χ2n) is 6.29. The Morgan fingerprint density at radius 1 is 0.935 bits per heavy atom. The number of ether oxygens (including phenoxy) is 1. The van der Waals surface area contributed by atoms with Crippen molar-refractivity contribution in [2.45, 2.75) is 4.90 Å². The molecule has 6 nitrogen and oxygen atoms in total. The first-order valence-electron chi connectivity index (χ1n) is 8.89. The van der Waals surface area contributed by atoms with E-state index in [9.17, 15) is 13.2 Å². The number of rotatable bonds is 7. The number of sulfonamides is 1. The fourth-order valence-electron chi connectivity index (χ4n) is 2.77. The summed E-state index contributed by atoms with van der Waals surface area (Å²) in [5, 5.41) is 3.23. The summed E-state index contributed by atoms with van der Waals surface area (Å²) in [7, 11) is -2.65. The van der Waals surface area contributed by atoms with E-state index in [1.165, 1.54) is 37.4 Å². The lowest BCUT2D eigenvalue weighted by Gasteiger charge is -2.25. The minimum absolute atomic E-state index is 0.0190. The Hall–Kier alpha value is -2.45. The van der Waals surface area contributed by atoms with Crippen molar-refractivity contribution < 1.29 is 17.9 Å². The Morgan fingerprint density at radius 3 is 2.16 bits per heavy atom. The third kappa shape index (κ3) is 5.25. The van der Waals surface area contributed by atoms with E-state index in [0.29, 0.717) is 5.75 Å². The smallest absolute Gasteiger partial charge is 0.264 e. The Kier molecular flexibility index (Phi) is 7.33. The van der Waals surface area contributed by atoms with Crippen molar-refractivity contribution in [3.63, 3.8) is 0 Å². The standard InChI is InChI=1S/C21H17Cl3N2O4S/c1-30-19-11-10-14(12-18(19)24)26(31(28,29)15-6-3-2-4-7-15)13-20(27)25-21-16(22)8-5-9-17(21)23/h2-12H,13H2,1H3,(H,25,27). The quantitative estimate of drug-likeness (QED) is 0.466. The lowest BCUT2D eigenvalue weighted by molar-refractivity contribution is -0.114. The number of halogens is 3. The summed E-state index contributed by atoms with van der Waals surface area (Å²) in [4.78, 5) is 12.8. The largest absolute Gasteiger partial charge is 0.495 e. The lowest BCUT2D eigenvalue weighted by atomic mass is 10.3. The highest BCUT2D eigenvalue weighted by atomic mass is 35.5. The van der Waals surface area contributed by atoms with Crippen LogP contribution in [0, 0.1) is 0 Å². The first-order chi connectivity index (χ1) is 14.7. The first-order valence-corrected chi connectivity index (χ1v) is 11.5. The third-order valence-electron chi connectivity index (χ3n) is 4.27. The van der Waals surface area contributed by atoms with Crippen molar-refractivity contribution in [1.82, 2.24) is 0 Å².